The summed E-state index contributed by atoms with van der Waals surface area (Å²) in [6.45, 7) is 5.45. The first-order valence-corrected chi connectivity index (χ1v) is 15.9. The molecule has 0 heterocycles. The van der Waals surface area contributed by atoms with Crippen molar-refractivity contribution in [1.82, 2.24) is 10.2 Å². The van der Waals surface area contributed by atoms with Crippen molar-refractivity contribution < 1.29 is 18.0 Å². The number of anilines is 1. The van der Waals surface area contributed by atoms with Crippen LogP contribution in [0, 0.1) is 13.8 Å². The molecule has 4 aromatic rings. The molecule has 7 nitrogen and oxygen atoms in total. The lowest BCUT2D eigenvalue weighted by molar-refractivity contribution is -0.140. The van der Waals surface area contributed by atoms with E-state index in [4.69, 9.17) is 11.6 Å². The van der Waals surface area contributed by atoms with Gasteiger partial charge < -0.3 is 10.2 Å². The summed E-state index contributed by atoms with van der Waals surface area (Å²) >= 11 is 6.42. The van der Waals surface area contributed by atoms with E-state index in [-0.39, 0.29) is 29.5 Å². The molecule has 43 heavy (non-hydrogen) atoms. The van der Waals surface area contributed by atoms with Crippen LogP contribution in [0.5, 0.6) is 0 Å². The number of carbonyl (C=O) groups is 2. The number of amides is 2. The first-order valence-electron chi connectivity index (χ1n) is 14.1. The predicted molar refractivity (Wildman–Crippen MR) is 172 cm³/mol. The maximum Gasteiger partial charge on any atom is 0.264 e. The lowest BCUT2D eigenvalue weighted by Gasteiger charge is -2.34. The number of benzene rings is 4. The molecule has 0 fully saturated rings. The van der Waals surface area contributed by atoms with Crippen LogP contribution in [0.2, 0.25) is 5.02 Å². The first kappa shape index (κ1) is 31.8. The number of rotatable bonds is 12. The van der Waals surface area contributed by atoms with E-state index in [9.17, 15) is 18.0 Å². The summed E-state index contributed by atoms with van der Waals surface area (Å²) < 4.78 is 29.3. The third kappa shape index (κ3) is 7.83. The molecule has 1 unspecified atom stereocenters. The van der Waals surface area contributed by atoms with Crippen LogP contribution in [0.1, 0.15) is 29.2 Å². The quantitative estimate of drug-likeness (QED) is 0.214. The van der Waals surface area contributed by atoms with Crippen LogP contribution in [-0.2, 0) is 32.6 Å². The molecule has 0 spiro atoms. The first-order chi connectivity index (χ1) is 20.6. The molecule has 0 aliphatic rings. The van der Waals surface area contributed by atoms with Gasteiger partial charge in [0.2, 0.25) is 11.8 Å². The van der Waals surface area contributed by atoms with Gasteiger partial charge in [-0.1, -0.05) is 96.0 Å². The number of nitrogens with one attached hydrogen (secondary N) is 1. The van der Waals surface area contributed by atoms with Crippen LogP contribution in [0.4, 0.5) is 5.69 Å². The summed E-state index contributed by atoms with van der Waals surface area (Å²) in [6, 6.07) is 29.2. The van der Waals surface area contributed by atoms with Crippen LogP contribution >= 0.6 is 11.6 Å². The molecule has 1 N–H and O–H groups in total. The highest BCUT2D eigenvalue weighted by Crippen LogP contribution is 2.31. The normalized spacial score (nSPS) is 11.9. The lowest BCUT2D eigenvalue weighted by Crippen LogP contribution is -2.53. The highest BCUT2D eigenvalue weighted by Gasteiger charge is 2.35. The molecule has 0 radical (unpaired) electrons. The maximum atomic E-state index is 14.4. The monoisotopic (exact) mass is 617 g/mol. The number of hydrogen-bond acceptors (Lipinski definition) is 4. The van der Waals surface area contributed by atoms with Crippen molar-refractivity contribution in [1.29, 1.82) is 0 Å². The van der Waals surface area contributed by atoms with Gasteiger partial charge in [0, 0.05) is 24.5 Å². The van der Waals surface area contributed by atoms with Crippen LogP contribution in [0.3, 0.4) is 0 Å². The molecular weight excluding hydrogens is 582 g/mol. The van der Waals surface area contributed by atoms with Gasteiger partial charge in [-0.2, -0.15) is 0 Å². The zero-order chi connectivity index (χ0) is 31.0. The van der Waals surface area contributed by atoms with E-state index in [0.717, 1.165) is 21.0 Å². The van der Waals surface area contributed by atoms with E-state index in [0.29, 0.717) is 17.1 Å². The van der Waals surface area contributed by atoms with E-state index in [2.05, 4.69) is 5.32 Å². The number of sulfonamides is 1. The largest absolute Gasteiger partial charge is 0.355 e. The second-order valence-corrected chi connectivity index (χ2v) is 12.6. The molecule has 0 saturated carbocycles. The maximum absolute atomic E-state index is 14.4. The average molecular weight is 618 g/mol. The fraction of sp³-hybridized carbons (Fsp3) is 0.235. The van der Waals surface area contributed by atoms with Crippen LogP contribution in [0.15, 0.2) is 108 Å². The summed E-state index contributed by atoms with van der Waals surface area (Å²) in [6.07, 6.45) is 0.256. The van der Waals surface area contributed by atoms with Crippen LogP contribution in [0.25, 0.3) is 0 Å². The van der Waals surface area contributed by atoms with Crippen LogP contribution in [-0.4, -0.2) is 44.3 Å². The van der Waals surface area contributed by atoms with Gasteiger partial charge in [0.25, 0.3) is 10.0 Å². The van der Waals surface area contributed by atoms with E-state index >= 15 is 0 Å². The molecule has 2 amide bonds. The van der Waals surface area contributed by atoms with Crippen molar-refractivity contribution in [2.75, 3.05) is 17.4 Å². The fourth-order valence-electron chi connectivity index (χ4n) is 4.95. The molecule has 4 aromatic carbocycles. The van der Waals surface area contributed by atoms with Crippen molar-refractivity contribution >= 4 is 39.1 Å². The average Bonchev–Trinajstić information content (AvgIpc) is 3.00. The standard InChI is InChI=1S/C34H36ClN3O4S/c1-4-36-34(40)32(22-27-14-7-5-8-15-27)37(23-28-16-11-13-25(2)21-28)33(39)24-38(31-20-12-19-30(35)26(31)3)43(41,42)29-17-9-6-10-18-29/h5-21,32H,4,22-24H2,1-3H3,(H,36,40). The molecular formula is C34H36ClN3O4S. The number of carbonyl (C=O) groups excluding carboxylic acids is 2. The van der Waals surface area contributed by atoms with Gasteiger partial charge in [-0.05, 0) is 61.7 Å². The number of aryl methyl sites for hydroxylation is 1. The Hall–Kier alpha value is -4.14. The van der Waals surface area contributed by atoms with Gasteiger partial charge in [-0.15, -0.1) is 0 Å². The second-order valence-electron chi connectivity index (χ2n) is 10.3. The Morgan fingerprint density at radius 3 is 2.12 bits per heavy atom. The van der Waals surface area contributed by atoms with E-state index in [1.54, 1.807) is 43.3 Å². The minimum atomic E-state index is -4.19. The van der Waals surface area contributed by atoms with Gasteiger partial charge in [0.15, 0.2) is 0 Å². The highest BCUT2D eigenvalue weighted by atomic mass is 35.5. The van der Waals surface area contributed by atoms with Crippen molar-refractivity contribution in [2.45, 2.75) is 44.7 Å². The number of likely N-dealkylation sites (N-methyl/N-ethyl adjacent to an activating group) is 1. The number of nitrogens with zero attached hydrogens (tertiary/aromatic N) is 2. The smallest absolute Gasteiger partial charge is 0.264 e. The van der Waals surface area contributed by atoms with Gasteiger partial charge in [0.1, 0.15) is 12.6 Å². The number of hydrogen-bond donors (Lipinski definition) is 1. The van der Waals surface area contributed by atoms with Crippen molar-refractivity contribution in [3.05, 3.63) is 130 Å². The fourth-order valence-corrected chi connectivity index (χ4v) is 6.61. The molecule has 4 rings (SSSR count). The van der Waals surface area contributed by atoms with Crippen LogP contribution < -0.4 is 9.62 Å². The zero-order valence-electron chi connectivity index (χ0n) is 24.5. The van der Waals surface area contributed by atoms with E-state index < -0.39 is 28.5 Å². The Balaban J connectivity index is 1.82. The SMILES string of the molecule is CCNC(=O)C(Cc1ccccc1)N(Cc1cccc(C)c1)C(=O)CN(c1cccc(Cl)c1C)S(=O)(=O)c1ccccc1. The van der Waals surface area contributed by atoms with E-state index in [1.165, 1.54) is 17.0 Å². The number of halogens is 1. The molecule has 0 bridgehead atoms. The molecule has 0 aromatic heterocycles. The van der Waals surface area contributed by atoms with Gasteiger partial charge >= 0.3 is 0 Å². The summed E-state index contributed by atoms with van der Waals surface area (Å²) in [5.41, 5.74) is 3.52. The molecule has 9 heteroatoms. The molecule has 0 saturated heterocycles. The Morgan fingerprint density at radius 2 is 1.47 bits per heavy atom. The minimum absolute atomic E-state index is 0.0389. The van der Waals surface area contributed by atoms with Gasteiger partial charge in [0.05, 0.1) is 10.6 Å². The Labute approximate surface area is 259 Å². The summed E-state index contributed by atoms with van der Waals surface area (Å²) in [5, 5.41) is 3.25. The van der Waals surface area contributed by atoms with Gasteiger partial charge in [-0.3, -0.25) is 13.9 Å². The molecule has 0 aliphatic carbocycles. The van der Waals surface area contributed by atoms with Crippen molar-refractivity contribution in [3.8, 4) is 0 Å². The zero-order valence-corrected chi connectivity index (χ0v) is 26.1. The molecule has 1 atom stereocenters. The van der Waals surface area contributed by atoms with E-state index in [1.807, 2.05) is 68.4 Å². The summed E-state index contributed by atoms with van der Waals surface area (Å²) in [7, 11) is -4.19. The Morgan fingerprint density at radius 1 is 0.837 bits per heavy atom. The highest BCUT2D eigenvalue weighted by molar-refractivity contribution is 7.92. The van der Waals surface area contributed by atoms with Crippen molar-refractivity contribution in [3.63, 3.8) is 0 Å². The third-order valence-electron chi connectivity index (χ3n) is 7.18. The van der Waals surface area contributed by atoms with Gasteiger partial charge in [-0.25, -0.2) is 8.42 Å². The third-order valence-corrected chi connectivity index (χ3v) is 9.36. The van der Waals surface area contributed by atoms with Crippen molar-refractivity contribution in [2.24, 2.45) is 0 Å². The Kier molecular flexibility index (Phi) is 10.6. The predicted octanol–water partition coefficient (Wildman–Crippen LogP) is 5.93. The summed E-state index contributed by atoms with van der Waals surface area (Å²) in [5.74, 6) is -0.837. The second kappa shape index (κ2) is 14.4. The lowest BCUT2D eigenvalue weighted by atomic mass is 10.0. The Bertz CT molecular complexity index is 1660. The molecule has 224 valence electrons. The topological polar surface area (TPSA) is 86.8 Å². The summed E-state index contributed by atoms with van der Waals surface area (Å²) in [4.78, 5) is 29.5. The minimum Gasteiger partial charge on any atom is -0.355 e. The molecule has 0 aliphatic heterocycles.